The van der Waals surface area contributed by atoms with E-state index in [1.165, 1.54) is 24.3 Å². The highest BCUT2D eigenvalue weighted by atomic mass is 16.5. The van der Waals surface area contributed by atoms with E-state index >= 15 is 0 Å². The molecule has 0 aliphatic rings. The smallest absolute Gasteiger partial charge is 0.339 e. The summed E-state index contributed by atoms with van der Waals surface area (Å²) in [5, 5.41) is 15.6. The summed E-state index contributed by atoms with van der Waals surface area (Å²) in [4.78, 5) is 25.0. The van der Waals surface area contributed by atoms with Gasteiger partial charge in [-0.05, 0) is 31.2 Å². The van der Waals surface area contributed by atoms with Crippen molar-refractivity contribution in [1.82, 2.24) is 5.16 Å². The van der Waals surface area contributed by atoms with Gasteiger partial charge in [0.2, 0.25) is 6.10 Å². The first-order chi connectivity index (χ1) is 12.5. The number of carbonyl (C=O) groups excluding carboxylic acids is 2. The van der Waals surface area contributed by atoms with Crippen LogP contribution in [0.5, 0.6) is 5.75 Å². The number of anilines is 1. The quantitative estimate of drug-likeness (QED) is 0.684. The van der Waals surface area contributed by atoms with Crippen molar-refractivity contribution in [3.05, 3.63) is 77.6 Å². The van der Waals surface area contributed by atoms with Crippen LogP contribution in [0.25, 0.3) is 0 Å². The molecule has 0 unspecified atom stereocenters. The number of amides is 1. The van der Waals surface area contributed by atoms with E-state index in [0.29, 0.717) is 11.3 Å². The summed E-state index contributed by atoms with van der Waals surface area (Å²) in [5.74, 6) is -0.450. The van der Waals surface area contributed by atoms with Gasteiger partial charge < -0.3 is 19.7 Å². The third-order valence-corrected chi connectivity index (χ3v) is 3.55. The number of phenols is 1. The standard InChI is InChI=1S/C19H16N2O5/c1-12-11-16(21-26-12)20-18(23)17(13-5-3-2-4-6-13)25-19(24)14-7-9-15(22)10-8-14/h2-11,17,22H,1H3,(H,20,21,23)/t17-/m0/s1. The zero-order valence-corrected chi connectivity index (χ0v) is 13.9. The molecule has 0 fully saturated rings. The van der Waals surface area contributed by atoms with Crippen LogP contribution in [0.1, 0.15) is 27.8 Å². The molecule has 0 bridgehead atoms. The average Bonchev–Trinajstić information content (AvgIpc) is 3.05. The minimum atomic E-state index is -1.17. The second-order valence-electron chi connectivity index (χ2n) is 5.55. The van der Waals surface area contributed by atoms with Crippen LogP contribution < -0.4 is 5.32 Å². The zero-order valence-electron chi connectivity index (χ0n) is 13.9. The number of rotatable bonds is 5. The second-order valence-corrected chi connectivity index (χ2v) is 5.55. The molecule has 2 N–H and O–H groups in total. The maximum atomic E-state index is 12.6. The summed E-state index contributed by atoms with van der Waals surface area (Å²) in [7, 11) is 0. The number of carbonyl (C=O) groups is 2. The predicted octanol–water partition coefficient (Wildman–Crippen LogP) is 3.23. The van der Waals surface area contributed by atoms with Crippen molar-refractivity contribution in [2.75, 3.05) is 5.32 Å². The number of phenolic OH excluding ortho intramolecular Hbond substituents is 1. The molecule has 0 saturated carbocycles. The monoisotopic (exact) mass is 352 g/mol. The van der Waals surface area contributed by atoms with E-state index in [1.807, 2.05) is 0 Å². The Morgan fingerprint density at radius 2 is 1.81 bits per heavy atom. The van der Waals surface area contributed by atoms with Gasteiger partial charge >= 0.3 is 5.97 Å². The van der Waals surface area contributed by atoms with Gasteiger partial charge in [0.25, 0.3) is 5.91 Å². The molecule has 0 aliphatic heterocycles. The number of nitrogens with zero attached hydrogens (tertiary/aromatic N) is 1. The van der Waals surface area contributed by atoms with E-state index in [0.717, 1.165) is 0 Å². The van der Waals surface area contributed by atoms with Crippen LogP contribution in [0, 0.1) is 6.92 Å². The first kappa shape index (κ1) is 17.2. The lowest BCUT2D eigenvalue weighted by molar-refractivity contribution is -0.125. The largest absolute Gasteiger partial charge is 0.508 e. The van der Waals surface area contributed by atoms with Gasteiger partial charge in [0.15, 0.2) is 5.82 Å². The molecule has 3 aromatic rings. The summed E-state index contributed by atoms with van der Waals surface area (Å²) in [6, 6.07) is 15.8. The zero-order chi connectivity index (χ0) is 18.5. The summed E-state index contributed by atoms with van der Waals surface area (Å²) in [6.45, 7) is 1.70. The lowest BCUT2D eigenvalue weighted by atomic mass is 10.1. The number of aromatic hydroxyl groups is 1. The summed E-state index contributed by atoms with van der Waals surface area (Å²) < 4.78 is 10.3. The highest BCUT2D eigenvalue weighted by molar-refractivity contribution is 5.97. The van der Waals surface area contributed by atoms with Crippen molar-refractivity contribution < 1.29 is 24.0 Å². The number of aromatic nitrogens is 1. The maximum absolute atomic E-state index is 12.6. The molecule has 0 spiro atoms. The molecule has 2 aromatic carbocycles. The SMILES string of the molecule is Cc1cc(NC(=O)[C@@H](OC(=O)c2ccc(O)cc2)c2ccccc2)no1. The molecular formula is C19H16N2O5. The van der Waals surface area contributed by atoms with Crippen LogP contribution in [-0.2, 0) is 9.53 Å². The minimum Gasteiger partial charge on any atom is -0.508 e. The van der Waals surface area contributed by atoms with Crippen molar-refractivity contribution in [3.63, 3.8) is 0 Å². The fraction of sp³-hybridized carbons (Fsp3) is 0.105. The Bertz CT molecular complexity index is 903. The van der Waals surface area contributed by atoms with E-state index in [2.05, 4.69) is 10.5 Å². The van der Waals surface area contributed by atoms with E-state index in [-0.39, 0.29) is 17.1 Å². The molecule has 26 heavy (non-hydrogen) atoms. The fourth-order valence-electron chi connectivity index (χ4n) is 2.29. The van der Waals surface area contributed by atoms with Crippen LogP contribution in [0.2, 0.25) is 0 Å². The van der Waals surface area contributed by atoms with Crippen LogP contribution in [0.3, 0.4) is 0 Å². The molecule has 1 heterocycles. The van der Waals surface area contributed by atoms with E-state index in [9.17, 15) is 14.7 Å². The third kappa shape index (κ3) is 4.07. The number of esters is 1. The normalized spacial score (nSPS) is 11.6. The van der Waals surface area contributed by atoms with Gasteiger partial charge in [-0.25, -0.2) is 4.79 Å². The fourth-order valence-corrected chi connectivity index (χ4v) is 2.29. The van der Waals surface area contributed by atoms with Gasteiger partial charge in [-0.3, -0.25) is 4.79 Å². The maximum Gasteiger partial charge on any atom is 0.339 e. The number of ether oxygens (including phenoxy) is 1. The van der Waals surface area contributed by atoms with Crippen molar-refractivity contribution >= 4 is 17.7 Å². The van der Waals surface area contributed by atoms with Crippen LogP contribution in [-0.4, -0.2) is 22.1 Å². The number of nitrogens with one attached hydrogen (secondary N) is 1. The average molecular weight is 352 g/mol. The molecule has 0 radical (unpaired) electrons. The number of aryl methyl sites for hydroxylation is 1. The molecule has 1 atom stereocenters. The topological polar surface area (TPSA) is 102 Å². The lowest BCUT2D eigenvalue weighted by Crippen LogP contribution is -2.26. The molecule has 0 aliphatic carbocycles. The molecule has 0 saturated heterocycles. The molecule has 132 valence electrons. The molecule has 7 heteroatoms. The Hall–Kier alpha value is -3.61. The van der Waals surface area contributed by atoms with Crippen molar-refractivity contribution in [2.45, 2.75) is 13.0 Å². The lowest BCUT2D eigenvalue weighted by Gasteiger charge is -2.17. The van der Waals surface area contributed by atoms with E-state index in [1.54, 1.807) is 43.3 Å². The van der Waals surface area contributed by atoms with Gasteiger partial charge in [0, 0.05) is 11.6 Å². The molecule has 7 nitrogen and oxygen atoms in total. The molecule has 1 aromatic heterocycles. The van der Waals surface area contributed by atoms with Crippen molar-refractivity contribution in [2.24, 2.45) is 0 Å². The molecule has 1 amide bonds. The van der Waals surface area contributed by atoms with E-state index < -0.39 is 18.0 Å². The third-order valence-electron chi connectivity index (χ3n) is 3.55. The van der Waals surface area contributed by atoms with Crippen LogP contribution >= 0.6 is 0 Å². The van der Waals surface area contributed by atoms with Crippen molar-refractivity contribution in [3.8, 4) is 5.75 Å². The Morgan fingerprint density at radius 3 is 2.42 bits per heavy atom. The number of benzene rings is 2. The second kappa shape index (κ2) is 7.52. The van der Waals surface area contributed by atoms with Gasteiger partial charge in [0.05, 0.1) is 5.56 Å². The van der Waals surface area contributed by atoms with Gasteiger partial charge in [-0.2, -0.15) is 0 Å². The summed E-state index contributed by atoms with van der Waals surface area (Å²) in [5.41, 5.74) is 0.728. The highest BCUT2D eigenvalue weighted by Gasteiger charge is 2.26. The first-order valence-corrected chi connectivity index (χ1v) is 7.82. The van der Waals surface area contributed by atoms with Gasteiger partial charge in [-0.15, -0.1) is 0 Å². The number of hydrogen-bond donors (Lipinski definition) is 2. The molecule has 3 rings (SSSR count). The minimum absolute atomic E-state index is 0.0281. The van der Waals surface area contributed by atoms with Crippen LogP contribution in [0.4, 0.5) is 5.82 Å². The Morgan fingerprint density at radius 1 is 1.12 bits per heavy atom. The molecular weight excluding hydrogens is 336 g/mol. The Labute approximate surface area is 149 Å². The summed E-state index contributed by atoms with van der Waals surface area (Å²) in [6.07, 6.45) is -1.17. The van der Waals surface area contributed by atoms with Crippen molar-refractivity contribution in [1.29, 1.82) is 0 Å². The van der Waals surface area contributed by atoms with Gasteiger partial charge in [-0.1, -0.05) is 35.5 Å². The van der Waals surface area contributed by atoms with Crippen LogP contribution in [0.15, 0.2) is 65.2 Å². The van der Waals surface area contributed by atoms with Gasteiger partial charge in [0.1, 0.15) is 11.5 Å². The summed E-state index contributed by atoms with van der Waals surface area (Å²) >= 11 is 0. The predicted molar refractivity (Wildman–Crippen MR) is 92.6 cm³/mol. The Balaban J connectivity index is 1.82. The highest BCUT2D eigenvalue weighted by Crippen LogP contribution is 2.22. The first-order valence-electron chi connectivity index (χ1n) is 7.82. The Kier molecular flexibility index (Phi) is 4.98. The van der Waals surface area contributed by atoms with E-state index in [4.69, 9.17) is 9.26 Å². The number of hydrogen-bond acceptors (Lipinski definition) is 6.